The van der Waals surface area contributed by atoms with Gasteiger partial charge in [-0.3, -0.25) is 0 Å². The molecule has 0 aliphatic carbocycles. The van der Waals surface area contributed by atoms with Crippen LogP contribution in [-0.2, 0) is 11.3 Å². The number of hydrogen-bond donors (Lipinski definition) is 1. The predicted octanol–water partition coefficient (Wildman–Crippen LogP) is 2.98. The van der Waals surface area contributed by atoms with Gasteiger partial charge in [0.05, 0.1) is 6.61 Å². The molecular formula is C14H26N2O. The van der Waals surface area contributed by atoms with E-state index in [-0.39, 0.29) is 0 Å². The number of aromatic nitrogens is 1. The van der Waals surface area contributed by atoms with E-state index in [4.69, 9.17) is 4.74 Å². The van der Waals surface area contributed by atoms with Gasteiger partial charge in [-0.25, -0.2) is 0 Å². The summed E-state index contributed by atoms with van der Waals surface area (Å²) in [5.74, 6) is 0. The molecule has 1 aromatic rings. The van der Waals surface area contributed by atoms with Crippen LogP contribution in [0.25, 0.3) is 0 Å². The molecule has 3 heteroatoms. The summed E-state index contributed by atoms with van der Waals surface area (Å²) in [7, 11) is 0. The molecule has 0 amide bonds. The van der Waals surface area contributed by atoms with Gasteiger partial charge in [-0.2, -0.15) is 0 Å². The van der Waals surface area contributed by atoms with Crippen LogP contribution in [0.5, 0.6) is 0 Å². The molecule has 0 spiro atoms. The lowest BCUT2D eigenvalue weighted by Crippen LogP contribution is -2.18. The van der Waals surface area contributed by atoms with Crippen molar-refractivity contribution >= 4 is 0 Å². The SMILES string of the molecule is CCCNC(C)c1ccn(CCOCCC)c1. The Morgan fingerprint density at radius 2 is 2.12 bits per heavy atom. The first-order chi connectivity index (χ1) is 8.27. The molecular weight excluding hydrogens is 212 g/mol. The lowest BCUT2D eigenvalue weighted by atomic mass is 10.2. The standard InChI is InChI=1S/C14H26N2O/c1-4-7-15-13(3)14-6-8-16(12-14)9-11-17-10-5-2/h6,8,12-13,15H,4-5,7,9-11H2,1-3H3. The van der Waals surface area contributed by atoms with Crippen molar-refractivity contribution in [1.82, 2.24) is 9.88 Å². The summed E-state index contributed by atoms with van der Waals surface area (Å²) < 4.78 is 7.69. The molecule has 0 aliphatic heterocycles. The van der Waals surface area contributed by atoms with Crippen molar-refractivity contribution in [3.8, 4) is 0 Å². The highest BCUT2D eigenvalue weighted by Crippen LogP contribution is 2.12. The van der Waals surface area contributed by atoms with E-state index in [1.165, 1.54) is 12.0 Å². The third kappa shape index (κ3) is 5.37. The third-order valence-corrected chi connectivity index (χ3v) is 2.82. The molecule has 1 N–H and O–H groups in total. The lowest BCUT2D eigenvalue weighted by Gasteiger charge is -2.11. The van der Waals surface area contributed by atoms with Gasteiger partial charge >= 0.3 is 0 Å². The van der Waals surface area contributed by atoms with E-state index in [1.54, 1.807) is 0 Å². The van der Waals surface area contributed by atoms with Crippen molar-refractivity contribution in [3.05, 3.63) is 24.0 Å². The van der Waals surface area contributed by atoms with E-state index in [9.17, 15) is 0 Å². The fourth-order valence-corrected chi connectivity index (χ4v) is 1.75. The zero-order valence-electron chi connectivity index (χ0n) is 11.4. The van der Waals surface area contributed by atoms with Gasteiger partial charge in [-0.15, -0.1) is 0 Å². The van der Waals surface area contributed by atoms with Gasteiger partial charge in [0.15, 0.2) is 0 Å². The van der Waals surface area contributed by atoms with Gasteiger partial charge in [-0.05, 0) is 37.9 Å². The summed E-state index contributed by atoms with van der Waals surface area (Å²) in [5, 5.41) is 3.49. The van der Waals surface area contributed by atoms with Crippen LogP contribution < -0.4 is 5.32 Å². The average molecular weight is 238 g/mol. The van der Waals surface area contributed by atoms with Gasteiger partial charge in [0.1, 0.15) is 0 Å². The van der Waals surface area contributed by atoms with Crippen molar-refractivity contribution in [2.24, 2.45) is 0 Å². The maximum Gasteiger partial charge on any atom is 0.0645 e. The van der Waals surface area contributed by atoms with Crippen molar-refractivity contribution < 1.29 is 4.74 Å². The van der Waals surface area contributed by atoms with Crippen molar-refractivity contribution in [3.63, 3.8) is 0 Å². The van der Waals surface area contributed by atoms with E-state index < -0.39 is 0 Å². The highest BCUT2D eigenvalue weighted by Gasteiger charge is 2.05. The number of nitrogens with one attached hydrogen (secondary N) is 1. The maximum absolute atomic E-state index is 5.48. The van der Waals surface area contributed by atoms with Gasteiger partial charge in [-0.1, -0.05) is 13.8 Å². The Morgan fingerprint density at radius 3 is 2.82 bits per heavy atom. The smallest absolute Gasteiger partial charge is 0.0645 e. The molecule has 0 saturated heterocycles. The Hall–Kier alpha value is -0.800. The van der Waals surface area contributed by atoms with Gasteiger partial charge in [0.2, 0.25) is 0 Å². The summed E-state index contributed by atoms with van der Waals surface area (Å²) in [5.41, 5.74) is 1.36. The lowest BCUT2D eigenvalue weighted by molar-refractivity contribution is 0.127. The molecule has 17 heavy (non-hydrogen) atoms. The molecule has 0 bridgehead atoms. The van der Waals surface area contributed by atoms with Crippen LogP contribution in [-0.4, -0.2) is 24.3 Å². The minimum atomic E-state index is 0.438. The van der Waals surface area contributed by atoms with Crippen LogP contribution in [0.1, 0.15) is 45.2 Å². The third-order valence-electron chi connectivity index (χ3n) is 2.82. The Kier molecular flexibility index (Phi) is 6.97. The first-order valence-electron chi connectivity index (χ1n) is 6.74. The molecule has 1 atom stereocenters. The minimum absolute atomic E-state index is 0.438. The molecule has 0 aromatic carbocycles. The second-order valence-electron chi connectivity index (χ2n) is 4.47. The largest absolute Gasteiger partial charge is 0.380 e. The predicted molar refractivity (Wildman–Crippen MR) is 72.3 cm³/mol. The molecule has 0 radical (unpaired) electrons. The molecule has 3 nitrogen and oxygen atoms in total. The van der Waals surface area contributed by atoms with Crippen LogP contribution in [0, 0.1) is 0 Å². The molecule has 0 aliphatic rings. The second-order valence-corrected chi connectivity index (χ2v) is 4.47. The normalized spacial score (nSPS) is 12.9. The fraction of sp³-hybridized carbons (Fsp3) is 0.714. The number of hydrogen-bond acceptors (Lipinski definition) is 2. The van der Waals surface area contributed by atoms with Crippen LogP contribution >= 0.6 is 0 Å². The van der Waals surface area contributed by atoms with Gasteiger partial charge < -0.3 is 14.6 Å². The molecule has 1 rings (SSSR count). The maximum atomic E-state index is 5.48. The van der Waals surface area contributed by atoms with Crippen LogP contribution in [0.4, 0.5) is 0 Å². The fourth-order valence-electron chi connectivity index (χ4n) is 1.75. The minimum Gasteiger partial charge on any atom is -0.380 e. The molecule has 1 heterocycles. The highest BCUT2D eigenvalue weighted by molar-refractivity contribution is 5.14. The van der Waals surface area contributed by atoms with Crippen molar-refractivity contribution in [2.45, 2.75) is 46.2 Å². The topological polar surface area (TPSA) is 26.2 Å². The summed E-state index contributed by atoms with van der Waals surface area (Å²) in [4.78, 5) is 0. The second kappa shape index (κ2) is 8.31. The molecule has 0 saturated carbocycles. The van der Waals surface area contributed by atoms with E-state index in [2.05, 4.69) is 49.1 Å². The Balaban J connectivity index is 2.31. The zero-order valence-corrected chi connectivity index (χ0v) is 11.4. The van der Waals surface area contributed by atoms with Crippen LogP contribution in [0.3, 0.4) is 0 Å². The molecule has 0 fully saturated rings. The zero-order chi connectivity index (χ0) is 12.5. The van der Waals surface area contributed by atoms with E-state index >= 15 is 0 Å². The number of ether oxygens (including phenoxy) is 1. The summed E-state index contributed by atoms with van der Waals surface area (Å²) in [6.45, 7) is 10.2. The van der Waals surface area contributed by atoms with Gasteiger partial charge in [0, 0.05) is 31.6 Å². The van der Waals surface area contributed by atoms with E-state index in [0.29, 0.717) is 6.04 Å². The number of rotatable bonds is 9. The number of nitrogens with zero attached hydrogens (tertiary/aromatic N) is 1. The van der Waals surface area contributed by atoms with E-state index in [0.717, 1.165) is 32.7 Å². The Morgan fingerprint density at radius 1 is 1.29 bits per heavy atom. The average Bonchev–Trinajstić information content (AvgIpc) is 2.80. The summed E-state index contributed by atoms with van der Waals surface area (Å²) >= 11 is 0. The summed E-state index contributed by atoms with van der Waals surface area (Å²) in [6, 6.07) is 2.63. The molecule has 1 aromatic heterocycles. The first kappa shape index (κ1) is 14.3. The van der Waals surface area contributed by atoms with E-state index in [1.807, 2.05) is 0 Å². The van der Waals surface area contributed by atoms with Gasteiger partial charge in [0.25, 0.3) is 0 Å². The summed E-state index contributed by atoms with van der Waals surface area (Å²) in [6.07, 6.45) is 6.61. The Bertz CT molecular complexity index is 296. The first-order valence-corrected chi connectivity index (χ1v) is 6.74. The molecule has 1 unspecified atom stereocenters. The van der Waals surface area contributed by atoms with Crippen molar-refractivity contribution in [1.29, 1.82) is 0 Å². The highest BCUT2D eigenvalue weighted by atomic mass is 16.5. The van der Waals surface area contributed by atoms with Crippen LogP contribution in [0.15, 0.2) is 18.5 Å². The molecule has 98 valence electrons. The quantitative estimate of drug-likeness (QED) is 0.669. The monoisotopic (exact) mass is 238 g/mol. The van der Waals surface area contributed by atoms with Crippen molar-refractivity contribution in [2.75, 3.05) is 19.8 Å². The Labute approximate surface area is 105 Å². The van der Waals surface area contributed by atoms with Crippen LogP contribution in [0.2, 0.25) is 0 Å².